The fourth-order valence-electron chi connectivity index (χ4n) is 1.75. The van der Waals surface area contributed by atoms with Crippen LogP contribution in [0.25, 0.3) is 0 Å². The van der Waals surface area contributed by atoms with Crippen LogP contribution in [0.3, 0.4) is 0 Å². The van der Waals surface area contributed by atoms with Crippen LogP contribution in [-0.2, 0) is 11.3 Å². The minimum atomic E-state index is -0.376. The molecule has 0 aliphatic heterocycles. The largest absolute Gasteiger partial charge is 0.489 e. The number of carbonyl (C=O) groups excluding carboxylic acids is 1. The number of ether oxygens (including phenoxy) is 2. The van der Waals surface area contributed by atoms with Crippen molar-refractivity contribution in [1.29, 1.82) is 0 Å². The average Bonchev–Trinajstić information content (AvgIpc) is 2.47. The van der Waals surface area contributed by atoms with E-state index in [1.54, 1.807) is 49.4 Å². The lowest BCUT2D eigenvalue weighted by Crippen LogP contribution is -2.05. The summed E-state index contributed by atoms with van der Waals surface area (Å²) in [5.74, 6) is 0.176. The van der Waals surface area contributed by atoms with Gasteiger partial charge < -0.3 is 9.47 Å². The summed E-state index contributed by atoms with van der Waals surface area (Å²) in [6.07, 6.45) is 0. The summed E-state index contributed by atoms with van der Waals surface area (Å²) in [6, 6.07) is 12.1. The molecule has 0 N–H and O–H groups in total. The number of benzene rings is 2. The Hall–Kier alpha value is -1.71. The molecule has 0 aliphatic rings. The molecule has 5 heteroatoms. The number of hydrogen-bond acceptors (Lipinski definition) is 3. The first-order valence-electron chi connectivity index (χ1n) is 6.44. The highest BCUT2D eigenvalue weighted by atomic mass is 35.5. The standard InChI is InChI=1S/C16H14Cl2O3/c1-2-20-16(19)11-5-3-6-12(9-11)21-10-13-14(17)7-4-8-15(13)18/h3-9H,2,10H2,1H3. The minimum Gasteiger partial charge on any atom is -0.489 e. The van der Waals surface area contributed by atoms with Gasteiger partial charge in [0.1, 0.15) is 12.4 Å². The second-order valence-corrected chi connectivity index (χ2v) is 5.05. The van der Waals surface area contributed by atoms with Gasteiger partial charge in [-0.05, 0) is 37.3 Å². The van der Waals surface area contributed by atoms with Gasteiger partial charge in [-0.2, -0.15) is 0 Å². The Labute approximate surface area is 133 Å². The van der Waals surface area contributed by atoms with Crippen LogP contribution in [-0.4, -0.2) is 12.6 Å². The second kappa shape index (κ2) is 7.34. The summed E-state index contributed by atoms with van der Waals surface area (Å²) in [7, 11) is 0. The van der Waals surface area contributed by atoms with Crippen molar-refractivity contribution >= 4 is 29.2 Å². The predicted molar refractivity (Wildman–Crippen MR) is 83.2 cm³/mol. The highest BCUT2D eigenvalue weighted by Crippen LogP contribution is 2.26. The van der Waals surface area contributed by atoms with E-state index in [9.17, 15) is 4.79 Å². The molecular weight excluding hydrogens is 311 g/mol. The highest BCUT2D eigenvalue weighted by molar-refractivity contribution is 6.35. The van der Waals surface area contributed by atoms with E-state index in [-0.39, 0.29) is 12.6 Å². The molecule has 0 aliphatic carbocycles. The molecule has 0 bridgehead atoms. The maximum atomic E-state index is 11.7. The average molecular weight is 325 g/mol. The van der Waals surface area contributed by atoms with E-state index >= 15 is 0 Å². The second-order valence-electron chi connectivity index (χ2n) is 4.24. The molecular formula is C16H14Cl2O3. The Bertz CT molecular complexity index is 621. The number of carbonyl (C=O) groups is 1. The third kappa shape index (κ3) is 4.13. The van der Waals surface area contributed by atoms with Crippen molar-refractivity contribution in [2.75, 3.05) is 6.61 Å². The minimum absolute atomic E-state index is 0.227. The van der Waals surface area contributed by atoms with Gasteiger partial charge in [0, 0.05) is 15.6 Å². The molecule has 0 unspecified atom stereocenters. The van der Waals surface area contributed by atoms with E-state index in [2.05, 4.69) is 0 Å². The van der Waals surface area contributed by atoms with Crippen LogP contribution in [0, 0.1) is 0 Å². The normalized spacial score (nSPS) is 10.2. The molecule has 21 heavy (non-hydrogen) atoms. The smallest absolute Gasteiger partial charge is 0.338 e. The Morgan fingerprint density at radius 1 is 1.10 bits per heavy atom. The molecule has 0 amide bonds. The Kier molecular flexibility index (Phi) is 5.48. The fraction of sp³-hybridized carbons (Fsp3) is 0.188. The molecule has 110 valence electrons. The molecule has 0 fully saturated rings. The van der Waals surface area contributed by atoms with Crippen LogP contribution in [0.5, 0.6) is 5.75 Å². The SMILES string of the molecule is CCOC(=O)c1cccc(OCc2c(Cl)cccc2Cl)c1. The van der Waals surface area contributed by atoms with Gasteiger partial charge in [-0.1, -0.05) is 35.3 Å². The molecule has 0 radical (unpaired) electrons. The van der Waals surface area contributed by atoms with E-state index in [1.807, 2.05) is 0 Å². The van der Waals surface area contributed by atoms with Gasteiger partial charge >= 0.3 is 5.97 Å². The van der Waals surface area contributed by atoms with Gasteiger partial charge in [0.05, 0.1) is 12.2 Å². The van der Waals surface area contributed by atoms with Crippen LogP contribution in [0.15, 0.2) is 42.5 Å². The first kappa shape index (κ1) is 15.7. The zero-order valence-electron chi connectivity index (χ0n) is 11.4. The maximum Gasteiger partial charge on any atom is 0.338 e. The van der Waals surface area contributed by atoms with Crippen molar-refractivity contribution in [3.8, 4) is 5.75 Å². The monoisotopic (exact) mass is 324 g/mol. The summed E-state index contributed by atoms with van der Waals surface area (Å²) in [4.78, 5) is 11.7. The van der Waals surface area contributed by atoms with Crippen LogP contribution >= 0.6 is 23.2 Å². The van der Waals surface area contributed by atoms with Crippen molar-refractivity contribution in [1.82, 2.24) is 0 Å². The molecule has 3 nitrogen and oxygen atoms in total. The third-order valence-corrected chi connectivity index (χ3v) is 3.50. The molecule has 0 saturated heterocycles. The van der Waals surface area contributed by atoms with Crippen LogP contribution in [0.1, 0.15) is 22.8 Å². The lowest BCUT2D eigenvalue weighted by molar-refractivity contribution is 0.0526. The predicted octanol–water partition coefficient (Wildman–Crippen LogP) is 4.75. The van der Waals surface area contributed by atoms with Crippen LogP contribution in [0.4, 0.5) is 0 Å². The van der Waals surface area contributed by atoms with Crippen molar-refractivity contribution in [3.63, 3.8) is 0 Å². The van der Waals surface area contributed by atoms with E-state index in [1.165, 1.54) is 0 Å². The number of hydrogen-bond donors (Lipinski definition) is 0. The van der Waals surface area contributed by atoms with Gasteiger partial charge in [0.2, 0.25) is 0 Å². The lowest BCUT2D eigenvalue weighted by Gasteiger charge is -2.10. The topological polar surface area (TPSA) is 35.5 Å². The number of rotatable bonds is 5. The summed E-state index contributed by atoms with van der Waals surface area (Å²) < 4.78 is 10.6. The van der Waals surface area contributed by atoms with Crippen LogP contribution in [0.2, 0.25) is 10.0 Å². The maximum absolute atomic E-state index is 11.7. The van der Waals surface area contributed by atoms with Crippen molar-refractivity contribution < 1.29 is 14.3 Å². The Balaban J connectivity index is 2.10. The molecule has 0 atom stereocenters. The quantitative estimate of drug-likeness (QED) is 0.744. The Morgan fingerprint density at radius 2 is 1.76 bits per heavy atom. The molecule has 0 saturated carbocycles. The zero-order valence-corrected chi connectivity index (χ0v) is 12.9. The summed E-state index contributed by atoms with van der Waals surface area (Å²) in [5.41, 5.74) is 1.15. The fourth-order valence-corrected chi connectivity index (χ4v) is 2.26. The Morgan fingerprint density at radius 3 is 2.43 bits per heavy atom. The van der Waals surface area contributed by atoms with E-state index in [4.69, 9.17) is 32.7 Å². The molecule has 2 aromatic carbocycles. The van der Waals surface area contributed by atoms with Crippen molar-refractivity contribution in [2.45, 2.75) is 13.5 Å². The van der Waals surface area contributed by atoms with E-state index in [0.717, 1.165) is 0 Å². The molecule has 2 aromatic rings. The molecule has 0 spiro atoms. The van der Waals surface area contributed by atoms with Gasteiger partial charge in [-0.3, -0.25) is 0 Å². The molecule has 2 rings (SSSR count). The van der Waals surface area contributed by atoms with E-state index < -0.39 is 0 Å². The van der Waals surface area contributed by atoms with Crippen LogP contribution < -0.4 is 4.74 Å². The highest BCUT2D eigenvalue weighted by Gasteiger charge is 2.09. The first-order chi connectivity index (χ1) is 10.1. The van der Waals surface area contributed by atoms with E-state index in [0.29, 0.717) is 33.5 Å². The first-order valence-corrected chi connectivity index (χ1v) is 7.20. The van der Waals surface area contributed by atoms with Gasteiger partial charge in [-0.15, -0.1) is 0 Å². The summed E-state index contributed by atoms with van der Waals surface area (Å²) in [5, 5.41) is 1.09. The zero-order chi connectivity index (χ0) is 15.2. The summed E-state index contributed by atoms with van der Waals surface area (Å²) in [6.45, 7) is 2.32. The molecule has 0 heterocycles. The van der Waals surface area contributed by atoms with Crippen molar-refractivity contribution in [2.24, 2.45) is 0 Å². The van der Waals surface area contributed by atoms with Gasteiger partial charge in [0.15, 0.2) is 0 Å². The lowest BCUT2D eigenvalue weighted by atomic mass is 10.2. The number of halogens is 2. The van der Waals surface area contributed by atoms with Gasteiger partial charge in [-0.25, -0.2) is 4.79 Å². The third-order valence-electron chi connectivity index (χ3n) is 2.79. The summed E-state index contributed by atoms with van der Waals surface area (Å²) >= 11 is 12.2. The van der Waals surface area contributed by atoms with Crippen molar-refractivity contribution in [3.05, 3.63) is 63.6 Å². The number of esters is 1. The molecule has 0 aromatic heterocycles. The van der Waals surface area contributed by atoms with Gasteiger partial charge in [0.25, 0.3) is 0 Å².